The lowest BCUT2D eigenvalue weighted by molar-refractivity contribution is -0.113. The minimum absolute atomic E-state index is 0.0846. The van der Waals surface area contributed by atoms with Gasteiger partial charge in [0.1, 0.15) is 10.3 Å². The van der Waals surface area contributed by atoms with Crippen molar-refractivity contribution in [3.63, 3.8) is 0 Å². The Kier molecular flexibility index (Phi) is 5.80. The zero-order valence-corrected chi connectivity index (χ0v) is 18.9. The van der Waals surface area contributed by atoms with Gasteiger partial charge in [0.2, 0.25) is 11.0 Å². The van der Waals surface area contributed by atoms with Crippen LogP contribution in [0.5, 0.6) is 0 Å². The van der Waals surface area contributed by atoms with Crippen molar-refractivity contribution < 1.29 is 4.79 Å². The molecule has 0 aliphatic carbocycles. The van der Waals surface area contributed by atoms with E-state index >= 15 is 0 Å². The van der Waals surface area contributed by atoms with Crippen LogP contribution in [0.2, 0.25) is 0 Å². The molecule has 0 unspecified atom stereocenters. The topological polar surface area (TPSA) is 89.8 Å². The first-order chi connectivity index (χ1) is 15.7. The number of rotatable bonds is 6. The Morgan fingerprint density at radius 3 is 2.50 bits per heavy atom. The number of carbonyl (C=O) groups is 1. The number of para-hydroxylation sites is 1. The van der Waals surface area contributed by atoms with E-state index in [-0.39, 0.29) is 17.2 Å². The quantitative estimate of drug-likeness (QED) is 0.282. The SMILES string of the molecule is O=C(CSc1nc2scc(-c3ccccc3)c2c(=O)n1-c1ccccc1)Nc1nncs1. The predicted molar refractivity (Wildman–Crippen MR) is 130 cm³/mol. The van der Waals surface area contributed by atoms with Gasteiger partial charge in [-0.05, 0) is 17.7 Å². The van der Waals surface area contributed by atoms with Crippen LogP contribution in [-0.4, -0.2) is 31.4 Å². The summed E-state index contributed by atoms with van der Waals surface area (Å²) in [6.45, 7) is 0. The molecule has 3 aromatic heterocycles. The fourth-order valence-electron chi connectivity index (χ4n) is 3.22. The number of anilines is 1. The van der Waals surface area contributed by atoms with Crippen molar-refractivity contribution in [2.24, 2.45) is 0 Å². The number of nitrogens with one attached hydrogen (secondary N) is 1. The highest BCUT2D eigenvalue weighted by atomic mass is 32.2. The van der Waals surface area contributed by atoms with Crippen LogP contribution in [0.3, 0.4) is 0 Å². The standard InChI is InChI=1S/C22H15N5O2S3/c28-17(24-21-26-23-13-32-21)12-31-22-25-19-18(16(11-30-19)14-7-3-1-4-8-14)20(29)27(22)15-9-5-2-6-10-15/h1-11,13H,12H2,(H,24,26,28). The molecule has 0 atom stereocenters. The highest BCUT2D eigenvalue weighted by Crippen LogP contribution is 2.32. The highest BCUT2D eigenvalue weighted by molar-refractivity contribution is 7.99. The fourth-order valence-corrected chi connectivity index (χ4v) is 5.48. The molecule has 0 saturated carbocycles. The molecule has 3 heterocycles. The van der Waals surface area contributed by atoms with Gasteiger partial charge in [-0.25, -0.2) is 4.98 Å². The van der Waals surface area contributed by atoms with Crippen LogP contribution in [0.15, 0.2) is 81.5 Å². The Balaban J connectivity index is 1.58. The van der Waals surface area contributed by atoms with Crippen LogP contribution >= 0.6 is 34.4 Å². The molecule has 2 aromatic carbocycles. The molecule has 0 saturated heterocycles. The first kappa shape index (κ1) is 20.6. The van der Waals surface area contributed by atoms with E-state index in [9.17, 15) is 9.59 Å². The maximum atomic E-state index is 13.7. The third kappa shape index (κ3) is 4.07. The van der Waals surface area contributed by atoms with Gasteiger partial charge in [-0.3, -0.25) is 19.5 Å². The zero-order valence-electron chi connectivity index (χ0n) is 16.5. The van der Waals surface area contributed by atoms with Crippen molar-refractivity contribution in [1.29, 1.82) is 0 Å². The van der Waals surface area contributed by atoms with Gasteiger partial charge in [0.25, 0.3) is 5.56 Å². The zero-order chi connectivity index (χ0) is 21.9. The molecule has 0 bridgehead atoms. The second-order valence-corrected chi connectivity index (χ2v) is 9.28. The molecule has 0 spiro atoms. The lowest BCUT2D eigenvalue weighted by atomic mass is 10.1. The number of amides is 1. The lowest BCUT2D eigenvalue weighted by Gasteiger charge is -2.12. The number of hydrogen-bond donors (Lipinski definition) is 1. The van der Waals surface area contributed by atoms with Crippen LogP contribution in [0.4, 0.5) is 5.13 Å². The third-order valence-electron chi connectivity index (χ3n) is 4.61. The number of thiophene rings is 1. The predicted octanol–water partition coefficient (Wildman–Crippen LogP) is 4.70. The molecule has 0 aliphatic rings. The smallest absolute Gasteiger partial charge is 0.268 e. The average molecular weight is 478 g/mol. The second kappa shape index (κ2) is 9.03. The van der Waals surface area contributed by atoms with Gasteiger partial charge >= 0.3 is 0 Å². The number of thioether (sulfide) groups is 1. The monoisotopic (exact) mass is 477 g/mol. The van der Waals surface area contributed by atoms with Crippen LogP contribution in [0.25, 0.3) is 27.0 Å². The Labute approximate surface area is 194 Å². The minimum Gasteiger partial charge on any atom is -0.300 e. The summed E-state index contributed by atoms with van der Waals surface area (Å²) in [6.07, 6.45) is 0. The van der Waals surface area contributed by atoms with Crippen LogP contribution < -0.4 is 10.9 Å². The van der Waals surface area contributed by atoms with Gasteiger partial charge in [0, 0.05) is 10.9 Å². The minimum atomic E-state index is -0.239. The Morgan fingerprint density at radius 1 is 1.03 bits per heavy atom. The summed E-state index contributed by atoms with van der Waals surface area (Å²) >= 11 is 3.88. The van der Waals surface area contributed by atoms with Crippen molar-refractivity contribution in [3.05, 3.63) is 81.9 Å². The molecule has 158 valence electrons. The van der Waals surface area contributed by atoms with Crippen LogP contribution in [0, 0.1) is 0 Å². The maximum absolute atomic E-state index is 13.7. The largest absolute Gasteiger partial charge is 0.300 e. The maximum Gasteiger partial charge on any atom is 0.268 e. The van der Waals surface area contributed by atoms with E-state index in [0.29, 0.717) is 26.2 Å². The molecule has 0 radical (unpaired) electrons. The summed E-state index contributed by atoms with van der Waals surface area (Å²) in [5.41, 5.74) is 3.91. The van der Waals surface area contributed by atoms with Crippen molar-refractivity contribution in [2.75, 3.05) is 11.1 Å². The second-order valence-electron chi connectivity index (χ2n) is 6.65. The number of hydrogen-bond acceptors (Lipinski definition) is 8. The Bertz CT molecular complexity index is 1430. The van der Waals surface area contributed by atoms with E-state index in [1.807, 2.05) is 66.0 Å². The molecular weight excluding hydrogens is 462 g/mol. The highest BCUT2D eigenvalue weighted by Gasteiger charge is 2.19. The molecule has 1 N–H and O–H groups in total. The summed E-state index contributed by atoms with van der Waals surface area (Å²) < 4.78 is 1.57. The van der Waals surface area contributed by atoms with Gasteiger partial charge in [0.05, 0.1) is 16.8 Å². The van der Waals surface area contributed by atoms with E-state index in [1.165, 1.54) is 34.4 Å². The van der Waals surface area contributed by atoms with Crippen molar-refractivity contribution in [1.82, 2.24) is 19.7 Å². The van der Waals surface area contributed by atoms with Crippen molar-refractivity contribution in [3.8, 4) is 16.8 Å². The average Bonchev–Trinajstić information content (AvgIpc) is 3.49. The molecule has 32 heavy (non-hydrogen) atoms. The van der Waals surface area contributed by atoms with Crippen molar-refractivity contribution in [2.45, 2.75) is 5.16 Å². The normalized spacial score (nSPS) is 11.0. The van der Waals surface area contributed by atoms with E-state index in [0.717, 1.165) is 11.1 Å². The number of carbonyl (C=O) groups excluding carboxylic acids is 1. The Hall–Kier alpha value is -3.34. The number of benzene rings is 2. The molecule has 5 rings (SSSR count). The molecule has 0 fully saturated rings. The first-order valence-electron chi connectivity index (χ1n) is 9.54. The van der Waals surface area contributed by atoms with Gasteiger partial charge < -0.3 is 0 Å². The Morgan fingerprint density at radius 2 is 1.78 bits per heavy atom. The molecule has 7 nitrogen and oxygen atoms in total. The number of aromatic nitrogens is 4. The first-order valence-corrected chi connectivity index (χ1v) is 12.3. The van der Waals surface area contributed by atoms with Gasteiger partial charge in [-0.2, -0.15) is 0 Å². The van der Waals surface area contributed by atoms with E-state index < -0.39 is 0 Å². The van der Waals surface area contributed by atoms with Gasteiger partial charge in [-0.15, -0.1) is 21.5 Å². The summed E-state index contributed by atoms with van der Waals surface area (Å²) in [4.78, 5) is 31.5. The van der Waals surface area contributed by atoms with Gasteiger partial charge in [0.15, 0.2) is 5.16 Å². The number of nitrogens with zero attached hydrogens (tertiary/aromatic N) is 4. The van der Waals surface area contributed by atoms with Gasteiger partial charge in [-0.1, -0.05) is 71.6 Å². The third-order valence-corrected chi connectivity index (χ3v) is 7.03. The summed E-state index contributed by atoms with van der Waals surface area (Å²) in [5, 5.41) is 13.7. The summed E-state index contributed by atoms with van der Waals surface area (Å²) in [7, 11) is 0. The summed E-state index contributed by atoms with van der Waals surface area (Å²) in [6, 6.07) is 19.1. The molecule has 5 aromatic rings. The van der Waals surface area contributed by atoms with Crippen molar-refractivity contribution >= 4 is 55.7 Å². The summed E-state index contributed by atoms with van der Waals surface area (Å²) in [5.74, 6) is -0.154. The fraction of sp³-hybridized carbons (Fsp3) is 0.0455. The van der Waals surface area contributed by atoms with E-state index in [4.69, 9.17) is 4.98 Å². The van der Waals surface area contributed by atoms with Crippen LogP contribution in [-0.2, 0) is 4.79 Å². The van der Waals surface area contributed by atoms with Crippen LogP contribution in [0.1, 0.15) is 0 Å². The number of fused-ring (bicyclic) bond motifs is 1. The molecular formula is C22H15N5O2S3. The lowest BCUT2D eigenvalue weighted by Crippen LogP contribution is -2.22. The van der Waals surface area contributed by atoms with E-state index in [1.54, 1.807) is 10.1 Å². The molecule has 1 amide bonds. The molecule has 10 heteroatoms. The molecule has 0 aliphatic heterocycles. The van der Waals surface area contributed by atoms with E-state index in [2.05, 4.69) is 15.5 Å².